The van der Waals surface area contributed by atoms with Crippen molar-refractivity contribution in [3.05, 3.63) is 18.0 Å². The van der Waals surface area contributed by atoms with E-state index in [1.165, 1.54) is 16.7 Å². The predicted octanol–water partition coefficient (Wildman–Crippen LogP) is 0.441. The lowest BCUT2D eigenvalue weighted by Crippen LogP contribution is -2.73. The van der Waals surface area contributed by atoms with Crippen LogP contribution in [0, 0.1) is 5.41 Å². The number of nitrogen functional groups attached to an aromatic ring is 1. The fraction of sp³-hybridized carbons (Fsp3) is 0.556. The van der Waals surface area contributed by atoms with Gasteiger partial charge < -0.3 is 25.9 Å². The molecule has 11 nitrogen and oxygen atoms in total. The number of hydrogen-bond donors (Lipinski definition) is 3. The zero-order valence-corrected chi connectivity index (χ0v) is 18.3. The van der Waals surface area contributed by atoms with Gasteiger partial charge in [0.1, 0.15) is 17.5 Å². The maximum absolute atomic E-state index is 13.0. The first-order valence-corrected chi connectivity index (χ1v) is 11.6. The number of carbonyl (C=O) groups excluding carboxylic acids is 2. The summed E-state index contributed by atoms with van der Waals surface area (Å²) in [6, 6.07) is -0.786. The van der Waals surface area contributed by atoms with E-state index in [1.807, 2.05) is 12.2 Å². The zero-order chi connectivity index (χ0) is 22.2. The summed E-state index contributed by atoms with van der Waals surface area (Å²) in [6.45, 7) is 1.71. The quantitative estimate of drug-likeness (QED) is 0.234. The molecule has 1 aromatic rings. The van der Waals surface area contributed by atoms with Gasteiger partial charge in [-0.05, 0) is 32.3 Å². The molecule has 13 heteroatoms. The van der Waals surface area contributed by atoms with Crippen molar-refractivity contribution in [2.24, 2.45) is 10.6 Å². The maximum Gasteiger partial charge on any atom is 0.312 e. The maximum atomic E-state index is 13.0. The van der Waals surface area contributed by atoms with Crippen molar-refractivity contribution in [2.75, 3.05) is 18.0 Å². The first kappa shape index (κ1) is 21.6. The van der Waals surface area contributed by atoms with Gasteiger partial charge in [-0.3, -0.25) is 14.4 Å². The van der Waals surface area contributed by atoms with E-state index in [0.29, 0.717) is 5.75 Å². The summed E-state index contributed by atoms with van der Waals surface area (Å²) < 4.78 is 4.04. The van der Waals surface area contributed by atoms with Crippen LogP contribution in [0.2, 0.25) is 0 Å². The first-order chi connectivity index (χ1) is 14.8. The number of allylic oxidation sites excluding steroid dienone is 1. The normalized spacial score (nSPS) is 30.4. The lowest BCUT2D eigenvalue weighted by molar-refractivity contribution is -0.157. The number of nitrogens with zero attached hydrogens (tertiary/aromatic N) is 4. The Hall–Kier alpha value is -2.67. The number of aliphatic carboxylic acids is 1. The summed E-state index contributed by atoms with van der Waals surface area (Å²) in [7, 11) is 0. The topological polar surface area (TPSA) is 160 Å². The molecule has 1 aromatic heterocycles. The van der Waals surface area contributed by atoms with Crippen LogP contribution in [0.25, 0.3) is 0 Å². The third-order valence-corrected chi connectivity index (χ3v) is 7.61. The van der Waals surface area contributed by atoms with Crippen LogP contribution in [0.15, 0.2) is 17.3 Å². The van der Waals surface area contributed by atoms with Crippen molar-refractivity contribution in [1.29, 1.82) is 0 Å². The van der Waals surface area contributed by atoms with Crippen LogP contribution >= 0.6 is 23.3 Å². The number of oxime groups is 1. The number of anilines is 1. The number of thioether (sulfide) groups is 1. The van der Waals surface area contributed by atoms with Gasteiger partial charge in [-0.15, -0.1) is 11.8 Å². The van der Waals surface area contributed by atoms with Crippen molar-refractivity contribution >= 4 is 51.9 Å². The SMILES string of the molecule is CC1(C(=O)O)CS[C@@H]2C(NC(=O)C(=NOC3C=CCCC3)c3nsc(N)n3)C(=O)N2C1. The molecule has 2 aliphatic heterocycles. The number of nitrogens with one attached hydrogen (secondary N) is 1. The van der Waals surface area contributed by atoms with Crippen molar-refractivity contribution in [3.63, 3.8) is 0 Å². The largest absolute Gasteiger partial charge is 0.481 e. The number of aromatic nitrogens is 2. The summed E-state index contributed by atoms with van der Waals surface area (Å²) in [6.07, 6.45) is 6.34. The van der Waals surface area contributed by atoms with E-state index in [9.17, 15) is 19.5 Å². The van der Waals surface area contributed by atoms with Gasteiger partial charge >= 0.3 is 5.97 Å². The highest BCUT2D eigenvalue weighted by atomic mass is 32.2. The smallest absolute Gasteiger partial charge is 0.312 e. The summed E-state index contributed by atoms with van der Waals surface area (Å²) in [5.74, 6) is -1.57. The van der Waals surface area contributed by atoms with E-state index in [0.717, 1.165) is 30.8 Å². The van der Waals surface area contributed by atoms with Crippen LogP contribution in [-0.2, 0) is 19.2 Å². The molecule has 4 N–H and O–H groups in total. The van der Waals surface area contributed by atoms with Gasteiger partial charge in [0.05, 0.1) is 5.41 Å². The van der Waals surface area contributed by atoms with E-state index >= 15 is 0 Å². The molecule has 0 saturated carbocycles. The molecule has 4 rings (SSSR count). The molecule has 0 aromatic carbocycles. The van der Waals surface area contributed by atoms with Gasteiger partial charge in [0, 0.05) is 23.8 Å². The number of nitrogens with two attached hydrogens (primary N) is 1. The van der Waals surface area contributed by atoms with Crippen LogP contribution in [0.1, 0.15) is 32.0 Å². The molecule has 4 atom stereocenters. The highest BCUT2D eigenvalue weighted by Gasteiger charge is 2.56. The molecule has 3 unspecified atom stereocenters. The fourth-order valence-electron chi connectivity index (χ4n) is 3.55. The summed E-state index contributed by atoms with van der Waals surface area (Å²) >= 11 is 2.25. The Kier molecular flexibility index (Phi) is 5.88. The van der Waals surface area contributed by atoms with E-state index < -0.39 is 23.3 Å². The van der Waals surface area contributed by atoms with Crippen molar-refractivity contribution in [1.82, 2.24) is 19.6 Å². The monoisotopic (exact) mass is 466 g/mol. The molecular weight excluding hydrogens is 444 g/mol. The van der Waals surface area contributed by atoms with Gasteiger partial charge in [-0.25, -0.2) is 0 Å². The number of carboxylic acids is 1. The average Bonchev–Trinajstić information content (AvgIpc) is 3.18. The van der Waals surface area contributed by atoms with Crippen LogP contribution in [0.4, 0.5) is 5.13 Å². The number of β-lactam (4-membered cyclic amide) rings is 1. The van der Waals surface area contributed by atoms with Crippen molar-refractivity contribution in [3.8, 4) is 0 Å². The second kappa shape index (κ2) is 8.46. The van der Waals surface area contributed by atoms with Crippen molar-refractivity contribution in [2.45, 2.75) is 43.7 Å². The Bertz CT molecular complexity index is 965. The van der Waals surface area contributed by atoms with Crippen molar-refractivity contribution < 1.29 is 24.3 Å². The van der Waals surface area contributed by atoms with Crippen LogP contribution < -0.4 is 11.1 Å². The molecule has 3 aliphatic rings. The average molecular weight is 467 g/mol. The van der Waals surface area contributed by atoms with Gasteiger partial charge in [-0.1, -0.05) is 11.2 Å². The minimum Gasteiger partial charge on any atom is -0.481 e. The molecule has 2 saturated heterocycles. The predicted molar refractivity (Wildman–Crippen MR) is 114 cm³/mol. The molecular formula is C18H22N6O5S2. The van der Waals surface area contributed by atoms with E-state index in [4.69, 9.17) is 10.6 Å². The third kappa shape index (κ3) is 4.24. The first-order valence-electron chi connectivity index (χ1n) is 9.75. The van der Waals surface area contributed by atoms with E-state index in [-0.39, 0.29) is 40.6 Å². The lowest BCUT2D eigenvalue weighted by Gasteiger charge is -2.53. The van der Waals surface area contributed by atoms with Gasteiger partial charge in [0.2, 0.25) is 17.4 Å². The van der Waals surface area contributed by atoms with Crippen LogP contribution in [-0.4, -0.2) is 72.7 Å². The molecule has 2 fully saturated rings. The van der Waals surface area contributed by atoms with E-state index in [2.05, 4.69) is 19.8 Å². The molecule has 31 heavy (non-hydrogen) atoms. The Morgan fingerprint density at radius 2 is 2.29 bits per heavy atom. The second-order valence-electron chi connectivity index (χ2n) is 7.88. The highest BCUT2D eigenvalue weighted by molar-refractivity contribution is 8.00. The Morgan fingerprint density at radius 3 is 2.94 bits per heavy atom. The number of hydrogen-bond acceptors (Lipinski definition) is 10. The van der Waals surface area contributed by atoms with Gasteiger partial charge in [0.15, 0.2) is 5.13 Å². The number of carboxylic acid groups (broad SMARTS) is 1. The Labute approximate surface area is 186 Å². The minimum absolute atomic E-state index is 0.0261. The fourth-order valence-corrected chi connectivity index (χ4v) is 5.47. The molecule has 166 valence electrons. The number of rotatable bonds is 6. The standard InChI is InChI=1S/C18H22N6O5S2/c1-18(16(27)28)7-24-14(26)11(15(24)30-8-18)20-13(25)10(12-21-17(19)31-23-12)22-29-9-5-3-2-4-6-9/h3,5,9,11,15H,2,4,6-8H2,1H3,(H,20,25)(H,27,28)(H2,19,21,23)/t9?,11?,15-,18?/m1/s1. The molecule has 1 aliphatic carbocycles. The lowest BCUT2D eigenvalue weighted by atomic mass is 9.89. The van der Waals surface area contributed by atoms with Gasteiger partial charge in [0.25, 0.3) is 5.91 Å². The highest BCUT2D eigenvalue weighted by Crippen LogP contribution is 2.41. The third-order valence-electron chi connectivity index (χ3n) is 5.39. The Morgan fingerprint density at radius 1 is 1.48 bits per heavy atom. The molecule has 2 amide bonds. The van der Waals surface area contributed by atoms with Gasteiger partial charge in [-0.2, -0.15) is 9.36 Å². The number of amides is 2. The van der Waals surface area contributed by atoms with Crippen LogP contribution in [0.5, 0.6) is 0 Å². The van der Waals surface area contributed by atoms with E-state index in [1.54, 1.807) is 6.92 Å². The zero-order valence-electron chi connectivity index (χ0n) is 16.7. The second-order valence-corrected chi connectivity index (χ2v) is 9.77. The number of carbonyl (C=O) groups is 3. The number of fused-ring (bicyclic) bond motifs is 1. The Balaban J connectivity index is 1.47. The molecule has 0 bridgehead atoms. The summed E-state index contributed by atoms with van der Waals surface area (Å²) in [5.41, 5.74) is 4.48. The summed E-state index contributed by atoms with van der Waals surface area (Å²) in [5, 5.41) is 15.9. The minimum atomic E-state index is -1.01. The summed E-state index contributed by atoms with van der Waals surface area (Å²) in [4.78, 5) is 48.0. The molecule has 0 radical (unpaired) electrons. The molecule has 3 heterocycles. The van der Waals surface area contributed by atoms with Crippen LogP contribution in [0.3, 0.4) is 0 Å². The molecule has 0 spiro atoms.